The van der Waals surface area contributed by atoms with Crippen molar-refractivity contribution in [1.82, 2.24) is 10.6 Å². The molecule has 0 atom stereocenters. The van der Waals surface area contributed by atoms with Gasteiger partial charge in [0.25, 0.3) is 0 Å². The van der Waals surface area contributed by atoms with Crippen molar-refractivity contribution in [3.63, 3.8) is 0 Å². The average molecular weight is 292 g/mol. The van der Waals surface area contributed by atoms with Crippen LogP contribution in [0.1, 0.15) is 18.4 Å². The second-order valence-electron chi connectivity index (χ2n) is 5.37. The van der Waals surface area contributed by atoms with Crippen molar-refractivity contribution in [1.29, 1.82) is 0 Å². The van der Waals surface area contributed by atoms with Crippen LogP contribution < -0.4 is 15.4 Å². The van der Waals surface area contributed by atoms with Gasteiger partial charge in [-0.15, -0.1) is 0 Å². The van der Waals surface area contributed by atoms with Crippen LogP contribution >= 0.6 is 0 Å². The van der Waals surface area contributed by atoms with E-state index in [1.165, 1.54) is 0 Å². The first-order chi connectivity index (χ1) is 10.1. The molecule has 6 heteroatoms. The van der Waals surface area contributed by atoms with Gasteiger partial charge < -0.3 is 20.5 Å². The molecule has 0 aromatic heterocycles. The molecule has 0 heterocycles. The maximum Gasteiger partial charge on any atom is 0.309 e. The summed E-state index contributed by atoms with van der Waals surface area (Å²) < 4.78 is 5.09. The highest BCUT2D eigenvalue weighted by molar-refractivity contribution is 6.35. The summed E-state index contributed by atoms with van der Waals surface area (Å²) in [6.07, 6.45) is 1.77. The minimum absolute atomic E-state index is 0.0404. The van der Waals surface area contributed by atoms with Crippen molar-refractivity contribution in [2.24, 2.45) is 5.41 Å². The van der Waals surface area contributed by atoms with Crippen LogP contribution in [-0.4, -0.2) is 37.2 Å². The number of hydrogen-bond donors (Lipinski definition) is 3. The summed E-state index contributed by atoms with van der Waals surface area (Å²) in [7, 11) is 1.57. The molecule has 6 nitrogen and oxygen atoms in total. The molecule has 2 rings (SSSR count). The minimum atomic E-state index is -0.674. The third-order valence-corrected chi connectivity index (χ3v) is 3.71. The number of methoxy groups -OCH3 is 1. The molecule has 0 unspecified atom stereocenters. The molecule has 1 fully saturated rings. The molecule has 1 aromatic carbocycles. The van der Waals surface area contributed by atoms with Gasteiger partial charge in [-0.25, -0.2) is 0 Å². The number of nitrogens with one attached hydrogen (secondary N) is 2. The molecule has 1 aromatic rings. The Kier molecular flexibility index (Phi) is 4.80. The molecule has 1 saturated carbocycles. The third-order valence-electron chi connectivity index (χ3n) is 3.71. The predicted octanol–water partition coefficient (Wildman–Crippen LogP) is 0.200. The Bertz CT molecular complexity index is 526. The van der Waals surface area contributed by atoms with E-state index in [2.05, 4.69) is 10.6 Å². The summed E-state index contributed by atoms with van der Waals surface area (Å²) in [5, 5.41) is 14.3. The molecular formula is C15H20N2O4. The lowest BCUT2D eigenvalue weighted by Gasteiger charge is -2.12. The van der Waals surface area contributed by atoms with E-state index in [0.717, 1.165) is 18.4 Å². The average Bonchev–Trinajstić information content (AvgIpc) is 3.31. The lowest BCUT2D eigenvalue weighted by molar-refractivity contribution is -0.139. The number of carbonyl (C=O) groups excluding carboxylic acids is 2. The molecule has 1 aliphatic carbocycles. The fraction of sp³-hybridized carbons (Fsp3) is 0.467. The molecule has 0 spiro atoms. The Hall–Kier alpha value is -2.08. The number of aliphatic hydroxyl groups excluding tert-OH is 1. The standard InChI is InChI=1S/C15H20N2O4/c1-21-12-4-2-3-11(7-12)8-16-13(19)14(20)17-9-15(10-18)5-6-15/h2-4,7,18H,5-6,8-10H2,1H3,(H,16,19)(H,17,20). The summed E-state index contributed by atoms with van der Waals surface area (Å²) >= 11 is 0. The lowest BCUT2D eigenvalue weighted by atomic mass is 10.1. The van der Waals surface area contributed by atoms with Gasteiger partial charge in [0.05, 0.1) is 13.7 Å². The van der Waals surface area contributed by atoms with Gasteiger partial charge in [0.15, 0.2) is 0 Å². The second kappa shape index (κ2) is 6.58. The Balaban J connectivity index is 1.76. The van der Waals surface area contributed by atoms with Crippen LogP contribution in [0.4, 0.5) is 0 Å². The first-order valence-corrected chi connectivity index (χ1v) is 6.88. The largest absolute Gasteiger partial charge is 0.497 e. The normalized spacial score (nSPS) is 15.1. The van der Waals surface area contributed by atoms with Gasteiger partial charge in [0, 0.05) is 18.5 Å². The number of ether oxygens (including phenoxy) is 1. The van der Waals surface area contributed by atoms with Gasteiger partial charge in [-0.2, -0.15) is 0 Å². The zero-order chi connectivity index (χ0) is 15.3. The van der Waals surface area contributed by atoms with E-state index < -0.39 is 11.8 Å². The van der Waals surface area contributed by atoms with Crippen molar-refractivity contribution < 1.29 is 19.4 Å². The van der Waals surface area contributed by atoms with Gasteiger partial charge in [-0.05, 0) is 30.5 Å². The molecule has 114 valence electrons. The molecule has 0 saturated heterocycles. The summed E-state index contributed by atoms with van der Waals surface area (Å²) in [5.41, 5.74) is 0.646. The minimum Gasteiger partial charge on any atom is -0.497 e. The molecular weight excluding hydrogens is 272 g/mol. The molecule has 0 radical (unpaired) electrons. The van der Waals surface area contributed by atoms with Crippen LogP contribution in [0.15, 0.2) is 24.3 Å². The number of carbonyl (C=O) groups is 2. The number of amides is 2. The molecule has 3 N–H and O–H groups in total. The van der Waals surface area contributed by atoms with Crippen LogP contribution in [0, 0.1) is 5.41 Å². The zero-order valence-corrected chi connectivity index (χ0v) is 12.0. The Morgan fingerprint density at radius 2 is 2.00 bits per heavy atom. The monoisotopic (exact) mass is 292 g/mol. The van der Waals surface area contributed by atoms with E-state index >= 15 is 0 Å². The molecule has 2 amide bonds. The summed E-state index contributed by atoms with van der Waals surface area (Å²) in [6.45, 7) is 0.641. The number of aliphatic hydroxyl groups is 1. The van der Waals surface area contributed by atoms with E-state index in [1.54, 1.807) is 13.2 Å². The second-order valence-corrected chi connectivity index (χ2v) is 5.37. The van der Waals surface area contributed by atoms with Gasteiger partial charge in [-0.1, -0.05) is 12.1 Å². The van der Waals surface area contributed by atoms with Crippen molar-refractivity contribution in [2.45, 2.75) is 19.4 Å². The Morgan fingerprint density at radius 3 is 2.62 bits per heavy atom. The fourth-order valence-corrected chi connectivity index (χ4v) is 1.96. The van der Waals surface area contributed by atoms with Gasteiger partial charge >= 0.3 is 11.8 Å². The smallest absolute Gasteiger partial charge is 0.309 e. The Morgan fingerprint density at radius 1 is 1.29 bits per heavy atom. The van der Waals surface area contributed by atoms with Crippen molar-refractivity contribution in [2.75, 3.05) is 20.3 Å². The van der Waals surface area contributed by atoms with Gasteiger partial charge in [-0.3, -0.25) is 9.59 Å². The van der Waals surface area contributed by atoms with Crippen molar-refractivity contribution in [3.05, 3.63) is 29.8 Å². The molecule has 1 aliphatic rings. The highest BCUT2D eigenvalue weighted by Gasteiger charge is 2.42. The number of rotatable bonds is 6. The topological polar surface area (TPSA) is 87.7 Å². The first-order valence-electron chi connectivity index (χ1n) is 6.88. The summed E-state index contributed by atoms with van der Waals surface area (Å²) in [6, 6.07) is 7.26. The first kappa shape index (κ1) is 15.3. The Labute approximate surface area is 123 Å². The highest BCUT2D eigenvalue weighted by Crippen LogP contribution is 2.44. The van der Waals surface area contributed by atoms with Crippen LogP contribution in [0.2, 0.25) is 0 Å². The van der Waals surface area contributed by atoms with E-state index in [4.69, 9.17) is 9.84 Å². The quantitative estimate of drug-likeness (QED) is 0.654. The van der Waals surface area contributed by atoms with Crippen molar-refractivity contribution in [3.8, 4) is 5.75 Å². The van der Waals surface area contributed by atoms with E-state index in [1.807, 2.05) is 18.2 Å². The van der Waals surface area contributed by atoms with Gasteiger partial charge in [0.1, 0.15) is 5.75 Å². The number of hydrogen-bond acceptors (Lipinski definition) is 4. The molecule has 0 aliphatic heterocycles. The summed E-state index contributed by atoms with van der Waals surface area (Å²) in [5.74, 6) is -0.644. The zero-order valence-electron chi connectivity index (χ0n) is 12.0. The van der Waals surface area contributed by atoms with Crippen LogP contribution in [0.3, 0.4) is 0 Å². The lowest BCUT2D eigenvalue weighted by Crippen LogP contribution is -2.42. The van der Waals surface area contributed by atoms with E-state index in [-0.39, 0.29) is 18.6 Å². The third kappa shape index (κ3) is 4.19. The van der Waals surface area contributed by atoms with Crippen LogP contribution in [0.5, 0.6) is 5.75 Å². The van der Waals surface area contributed by atoms with Gasteiger partial charge in [0.2, 0.25) is 0 Å². The molecule has 0 bridgehead atoms. The maximum atomic E-state index is 11.7. The van der Waals surface area contributed by atoms with Crippen LogP contribution in [0.25, 0.3) is 0 Å². The summed E-state index contributed by atoms with van der Waals surface area (Å²) in [4.78, 5) is 23.3. The van der Waals surface area contributed by atoms with Crippen molar-refractivity contribution >= 4 is 11.8 Å². The van der Waals surface area contributed by atoms with Crippen LogP contribution in [-0.2, 0) is 16.1 Å². The highest BCUT2D eigenvalue weighted by atomic mass is 16.5. The molecule has 21 heavy (non-hydrogen) atoms. The number of benzene rings is 1. The van der Waals surface area contributed by atoms with E-state index in [9.17, 15) is 9.59 Å². The predicted molar refractivity (Wildman–Crippen MR) is 76.6 cm³/mol. The fourth-order valence-electron chi connectivity index (χ4n) is 1.96. The maximum absolute atomic E-state index is 11.7. The SMILES string of the molecule is COc1cccc(CNC(=O)C(=O)NCC2(CO)CC2)c1. The van der Waals surface area contributed by atoms with E-state index in [0.29, 0.717) is 12.3 Å².